The number of carbonyl (C=O) groups is 1. The smallest absolute Gasteiger partial charge is 0.389 e. The maximum atomic E-state index is 14.1. The van der Waals surface area contributed by atoms with Crippen LogP contribution in [0.2, 0.25) is 0 Å². The Bertz CT molecular complexity index is 1010. The maximum absolute atomic E-state index is 14.1. The van der Waals surface area contributed by atoms with Crippen molar-refractivity contribution in [1.29, 1.82) is 0 Å². The zero-order chi connectivity index (χ0) is 26.6. The quantitative estimate of drug-likeness (QED) is 0.580. The number of fused-ring (bicyclic) bond motifs is 2. The Morgan fingerprint density at radius 3 is 2.68 bits per heavy atom. The van der Waals surface area contributed by atoms with Gasteiger partial charge in [0.2, 0.25) is 5.91 Å². The van der Waals surface area contributed by atoms with Crippen molar-refractivity contribution in [2.75, 3.05) is 38.3 Å². The lowest BCUT2D eigenvalue weighted by atomic mass is 9.70. The monoisotopic (exact) mass is 527 g/mol. The molecule has 0 radical (unpaired) electrons. The number of carbonyl (C=O) groups excluding carboxylic acids is 1. The highest BCUT2D eigenvalue weighted by atomic mass is 19.4. The predicted octanol–water partition coefficient (Wildman–Crippen LogP) is 1.99. The Morgan fingerprint density at radius 1 is 1.24 bits per heavy atom. The van der Waals surface area contributed by atoms with Crippen LogP contribution >= 0.6 is 0 Å². The van der Waals surface area contributed by atoms with Gasteiger partial charge in [0.1, 0.15) is 17.8 Å². The highest BCUT2D eigenvalue weighted by Gasteiger charge is 2.59. The molecule has 0 aromatic carbocycles. The Kier molecular flexibility index (Phi) is 6.91. The number of hydrogen-bond acceptors (Lipinski definition) is 8. The van der Waals surface area contributed by atoms with E-state index in [1.807, 2.05) is 9.80 Å². The largest absolute Gasteiger partial charge is 0.433 e. The predicted molar refractivity (Wildman–Crippen MR) is 128 cm³/mol. The van der Waals surface area contributed by atoms with E-state index in [0.29, 0.717) is 45.6 Å². The molecule has 6 unspecified atom stereocenters. The molecule has 1 amide bonds. The van der Waals surface area contributed by atoms with Crippen LogP contribution in [-0.2, 0) is 20.4 Å². The van der Waals surface area contributed by atoms with E-state index >= 15 is 0 Å². The van der Waals surface area contributed by atoms with Crippen molar-refractivity contribution in [3.05, 3.63) is 18.1 Å². The first-order chi connectivity index (χ1) is 17.4. The van der Waals surface area contributed by atoms with Gasteiger partial charge in [-0.05, 0) is 46.0 Å². The number of likely N-dealkylation sites (tertiary alicyclic amines) is 1. The standard InChI is InChI=1S/C25H36F3N5O4/c1-23(2,35)24(6-4-15(10-24)31-18-5-7-37-13-19(18)36-3)22(34)33-12-16-8-17(33)11-32(16)21-9-20(25(26,27)28)29-14-30-21/h9,14-19,31,35H,4-8,10-13H2,1-3H3. The van der Waals surface area contributed by atoms with Crippen molar-refractivity contribution in [2.45, 2.75) is 88.0 Å². The lowest BCUT2D eigenvalue weighted by Crippen LogP contribution is -2.59. The minimum atomic E-state index is -4.54. The number of aromatic nitrogens is 2. The molecule has 3 aliphatic heterocycles. The van der Waals surface area contributed by atoms with Crippen LogP contribution in [0.4, 0.5) is 19.0 Å². The first-order valence-electron chi connectivity index (χ1n) is 13.0. The molecule has 1 aromatic heterocycles. The van der Waals surface area contributed by atoms with Crippen LogP contribution in [0.15, 0.2) is 12.4 Å². The molecule has 37 heavy (non-hydrogen) atoms. The van der Waals surface area contributed by atoms with Gasteiger partial charge in [0.15, 0.2) is 0 Å². The number of aliphatic hydroxyl groups is 1. The molecule has 4 fully saturated rings. The first kappa shape index (κ1) is 26.6. The molecular formula is C25H36F3N5O4. The number of nitrogens with zero attached hydrogens (tertiary/aromatic N) is 4. The number of amides is 1. The average Bonchev–Trinajstić information content (AvgIpc) is 3.58. The highest BCUT2D eigenvalue weighted by Crippen LogP contribution is 2.50. The Balaban J connectivity index is 1.29. The van der Waals surface area contributed by atoms with Crippen LogP contribution in [0.3, 0.4) is 0 Å². The van der Waals surface area contributed by atoms with Crippen molar-refractivity contribution in [3.8, 4) is 0 Å². The Labute approximate surface area is 214 Å². The molecule has 0 spiro atoms. The molecule has 2 bridgehead atoms. The van der Waals surface area contributed by atoms with Gasteiger partial charge in [0, 0.05) is 45.0 Å². The Hall–Kier alpha value is -2.02. The van der Waals surface area contributed by atoms with Gasteiger partial charge in [-0.15, -0.1) is 0 Å². The van der Waals surface area contributed by atoms with Crippen molar-refractivity contribution >= 4 is 11.7 Å². The van der Waals surface area contributed by atoms with Gasteiger partial charge in [0.25, 0.3) is 0 Å². The summed E-state index contributed by atoms with van der Waals surface area (Å²) >= 11 is 0. The number of methoxy groups -OCH3 is 1. The zero-order valence-electron chi connectivity index (χ0n) is 21.5. The summed E-state index contributed by atoms with van der Waals surface area (Å²) in [4.78, 5) is 25.2. The molecule has 206 valence electrons. The second kappa shape index (κ2) is 9.62. The second-order valence-electron chi connectivity index (χ2n) is 11.4. The third-order valence-electron chi connectivity index (χ3n) is 8.89. The van der Waals surface area contributed by atoms with Crippen LogP contribution in [0.5, 0.6) is 0 Å². The molecule has 4 heterocycles. The van der Waals surface area contributed by atoms with Gasteiger partial charge in [-0.1, -0.05) is 0 Å². The number of ether oxygens (including phenoxy) is 2. The number of nitrogens with one attached hydrogen (secondary N) is 1. The molecule has 12 heteroatoms. The minimum absolute atomic E-state index is 0.0541. The van der Waals surface area contributed by atoms with Gasteiger partial charge >= 0.3 is 6.18 Å². The lowest BCUT2D eigenvalue weighted by molar-refractivity contribution is -0.159. The van der Waals surface area contributed by atoms with Crippen molar-refractivity contribution in [2.24, 2.45) is 5.41 Å². The van der Waals surface area contributed by atoms with E-state index in [4.69, 9.17) is 9.47 Å². The third-order valence-corrected chi connectivity index (χ3v) is 8.89. The van der Waals surface area contributed by atoms with Crippen LogP contribution < -0.4 is 10.2 Å². The summed E-state index contributed by atoms with van der Waals surface area (Å²) in [5, 5.41) is 14.9. The van der Waals surface area contributed by atoms with E-state index < -0.39 is 22.9 Å². The summed E-state index contributed by atoms with van der Waals surface area (Å²) in [6, 6.07) is 0.906. The Morgan fingerprint density at radius 2 is 2.03 bits per heavy atom. The van der Waals surface area contributed by atoms with Gasteiger partial charge in [-0.25, -0.2) is 9.97 Å². The average molecular weight is 528 g/mol. The van der Waals surface area contributed by atoms with Crippen LogP contribution in [0.25, 0.3) is 0 Å². The van der Waals surface area contributed by atoms with Gasteiger partial charge < -0.3 is 29.7 Å². The zero-order valence-corrected chi connectivity index (χ0v) is 21.5. The van der Waals surface area contributed by atoms with E-state index in [1.165, 1.54) is 0 Å². The molecule has 1 aromatic rings. The van der Waals surface area contributed by atoms with E-state index in [2.05, 4.69) is 15.3 Å². The number of alkyl halides is 3. The summed E-state index contributed by atoms with van der Waals surface area (Å²) in [5.41, 5.74) is -3.14. The van der Waals surface area contributed by atoms with Gasteiger partial charge in [-0.2, -0.15) is 13.2 Å². The number of rotatable bonds is 6. The number of anilines is 1. The lowest BCUT2D eigenvalue weighted by Gasteiger charge is -2.45. The van der Waals surface area contributed by atoms with Crippen LogP contribution in [0.1, 0.15) is 51.6 Å². The van der Waals surface area contributed by atoms with Crippen LogP contribution in [0, 0.1) is 5.41 Å². The summed E-state index contributed by atoms with van der Waals surface area (Å²) in [7, 11) is 1.67. The molecular weight excluding hydrogens is 491 g/mol. The second-order valence-corrected chi connectivity index (χ2v) is 11.4. The molecule has 5 rings (SSSR count). The topological polar surface area (TPSA) is 100 Å². The summed E-state index contributed by atoms with van der Waals surface area (Å²) in [5.74, 6) is 0.166. The van der Waals surface area contributed by atoms with E-state index in [0.717, 1.165) is 25.2 Å². The summed E-state index contributed by atoms with van der Waals surface area (Å²) in [6.45, 7) is 5.41. The van der Waals surface area contributed by atoms with Crippen molar-refractivity contribution < 1.29 is 32.5 Å². The number of hydrogen-bond donors (Lipinski definition) is 2. The van der Waals surface area contributed by atoms with Crippen molar-refractivity contribution in [3.63, 3.8) is 0 Å². The third kappa shape index (κ3) is 4.81. The summed E-state index contributed by atoms with van der Waals surface area (Å²) < 4.78 is 50.6. The van der Waals surface area contributed by atoms with Gasteiger partial charge in [0.05, 0.1) is 35.8 Å². The number of halogens is 3. The molecule has 3 saturated heterocycles. The molecule has 9 nitrogen and oxygen atoms in total. The van der Waals surface area contributed by atoms with E-state index in [1.54, 1.807) is 21.0 Å². The molecule has 2 N–H and O–H groups in total. The minimum Gasteiger partial charge on any atom is -0.389 e. The van der Waals surface area contributed by atoms with Crippen LogP contribution in [-0.4, -0.2) is 95.2 Å². The SMILES string of the molecule is COC1COCCC1NC1CCC(C(=O)N2CC3CC2CN3c2cc(C(F)(F)F)ncn2)(C(C)(C)O)C1. The van der Waals surface area contributed by atoms with E-state index in [-0.39, 0.29) is 42.0 Å². The molecule has 4 aliphatic rings. The normalized spacial score (nSPS) is 34.4. The number of piperazine rings is 1. The fourth-order valence-electron chi connectivity index (χ4n) is 6.77. The molecule has 1 saturated carbocycles. The molecule has 1 aliphatic carbocycles. The fourth-order valence-corrected chi connectivity index (χ4v) is 6.77. The summed E-state index contributed by atoms with van der Waals surface area (Å²) in [6.07, 6.45) is -0.331. The first-order valence-corrected chi connectivity index (χ1v) is 13.0. The maximum Gasteiger partial charge on any atom is 0.433 e. The van der Waals surface area contributed by atoms with Crippen molar-refractivity contribution in [1.82, 2.24) is 20.2 Å². The van der Waals surface area contributed by atoms with E-state index in [9.17, 15) is 23.1 Å². The van der Waals surface area contributed by atoms with Gasteiger partial charge in [-0.3, -0.25) is 4.79 Å². The molecule has 6 atom stereocenters. The fraction of sp³-hybridized carbons (Fsp3) is 0.800. The highest BCUT2D eigenvalue weighted by molar-refractivity contribution is 5.85.